The van der Waals surface area contributed by atoms with Gasteiger partial charge >= 0.3 is 0 Å². The quantitative estimate of drug-likeness (QED) is 0.0798. The highest BCUT2D eigenvalue weighted by atomic mass is 32.2. The molecule has 10 nitrogen and oxygen atoms in total. The van der Waals surface area contributed by atoms with Gasteiger partial charge in [0.15, 0.2) is 0 Å². The molecule has 2 N–H and O–H groups in total. The Kier molecular flexibility index (Phi) is 22.7. The summed E-state index contributed by atoms with van der Waals surface area (Å²) in [6, 6.07) is -1.64. The van der Waals surface area contributed by atoms with Crippen LogP contribution in [0.15, 0.2) is 37.0 Å². The Labute approximate surface area is 333 Å². The maximum Gasteiger partial charge on any atom is 0.245 e. The van der Waals surface area contributed by atoms with E-state index in [2.05, 4.69) is 61.8 Å². The van der Waals surface area contributed by atoms with Gasteiger partial charge in [-0.05, 0) is 69.6 Å². The second kappa shape index (κ2) is 24.8. The van der Waals surface area contributed by atoms with E-state index in [0.29, 0.717) is 13.0 Å². The molecule has 310 valence electrons. The smallest absolute Gasteiger partial charge is 0.245 e. The van der Waals surface area contributed by atoms with E-state index in [1.807, 2.05) is 65.6 Å². The average molecular weight is 776 g/mol. The molecule has 0 bridgehead atoms. The van der Waals surface area contributed by atoms with Crippen LogP contribution >= 0.6 is 11.8 Å². The molecule has 54 heavy (non-hydrogen) atoms. The molecule has 1 aliphatic heterocycles. The molecule has 1 saturated heterocycles. The summed E-state index contributed by atoms with van der Waals surface area (Å²) in [5, 5.41) is 6.30. The van der Waals surface area contributed by atoms with E-state index in [0.717, 1.165) is 43.6 Å². The first kappa shape index (κ1) is 49.4. The van der Waals surface area contributed by atoms with Crippen molar-refractivity contribution in [3.8, 4) is 0 Å². The Morgan fingerprint density at radius 3 is 2.13 bits per heavy atom. The Morgan fingerprint density at radius 2 is 1.61 bits per heavy atom. The van der Waals surface area contributed by atoms with Gasteiger partial charge in [-0.3, -0.25) is 24.1 Å². The van der Waals surface area contributed by atoms with E-state index in [1.54, 1.807) is 30.8 Å². The Balaban J connectivity index is 3.19. The zero-order valence-electron chi connectivity index (χ0n) is 36.2. The van der Waals surface area contributed by atoms with E-state index in [9.17, 15) is 19.2 Å². The maximum absolute atomic E-state index is 14.4. The Hall–Kier alpha value is -2.63. The fourth-order valence-corrected chi connectivity index (χ4v) is 8.33. The molecule has 1 rings (SSSR count). The number of allylic oxidation sites excluding steroid dienone is 3. The number of rotatable bonds is 25. The highest BCUT2D eigenvalue weighted by Gasteiger charge is 2.42. The number of hydrogen-bond donors (Lipinski definition) is 2. The minimum absolute atomic E-state index is 0.0218. The van der Waals surface area contributed by atoms with Crippen molar-refractivity contribution in [1.82, 2.24) is 25.3 Å². The predicted octanol–water partition coefficient (Wildman–Crippen LogP) is 6.57. The van der Waals surface area contributed by atoms with Gasteiger partial charge in [0.05, 0.1) is 24.6 Å². The Bertz CT molecular complexity index is 1240. The van der Waals surface area contributed by atoms with Crippen LogP contribution < -0.4 is 10.6 Å². The minimum atomic E-state index is -0.733. The molecule has 4 amide bonds. The summed E-state index contributed by atoms with van der Waals surface area (Å²) < 4.78 is 6.07. The van der Waals surface area contributed by atoms with Crippen LogP contribution in [-0.2, 0) is 23.9 Å². The van der Waals surface area contributed by atoms with Crippen LogP contribution in [0.5, 0.6) is 0 Å². The normalized spacial score (nSPS) is 19.4. The monoisotopic (exact) mass is 776 g/mol. The third-order valence-corrected chi connectivity index (χ3v) is 12.1. The number of carbonyl (C=O) groups excluding carboxylic acids is 4. The second-order valence-electron chi connectivity index (χ2n) is 16.3. The maximum atomic E-state index is 14.4. The SMILES string of the molecule is C=CC/C=C(\C=C)CC(C)NC(=O)[C@H](C)[C@@H](C)[C@@H]1CCCN1C(=O)C[C@@H](OC)[C@H]([C@@H](C)CC)N(C)C(=O)[C@@H](NC(=O)C(C(C)C)N(C)CCSC)C(C)C. The summed E-state index contributed by atoms with van der Waals surface area (Å²) in [6.45, 7) is 27.2. The van der Waals surface area contributed by atoms with Crippen LogP contribution in [0, 0.1) is 29.6 Å². The van der Waals surface area contributed by atoms with Crippen LogP contribution in [0.4, 0.5) is 0 Å². The topological polar surface area (TPSA) is 111 Å². The van der Waals surface area contributed by atoms with Crippen LogP contribution in [-0.4, -0.2) is 121 Å². The lowest BCUT2D eigenvalue weighted by atomic mass is 9.86. The summed E-state index contributed by atoms with van der Waals surface area (Å²) in [6.07, 6.45) is 11.2. The largest absolute Gasteiger partial charge is 0.379 e. The molecule has 1 fully saturated rings. The van der Waals surface area contributed by atoms with E-state index < -0.39 is 18.2 Å². The van der Waals surface area contributed by atoms with Crippen molar-refractivity contribution in [3.63, 3.8) is 0 Å². The van der Waals surface area contributed by atoms with Crippen molar-refractivity contribution in [3.05, 3.63) is 37.0 Å². The number of amides is 4. The van der Waals surface area contributed by atoms with Gasteiger partial charge in [0.2, 0.25) is 23.6 Å². The van der Waals surface area contributed by atoms with Crippen LogP contribution in [0.25, 0.3) is 0 Å². The summed E-state index contributed by atoms with van der Waals surface area (Å²) in [5.74, 6) is 0.0933. The fraction of sp³-hybridized carbons (Fsp3) is 0.767. The van der Waals surface area contributed by atoms with Crippen molar-refractivity contribution < 1.29 is 23.9 Å². The highest BCUT2D eigenvalue weighted by Crippen LogP contribution is 2.31. The molecular formula is C43H77N5O5S. The molecule has 11 heteroatoms. The first-order chi connectivity index (χ1) is 25.4. The van der Waals surface area contributed by atoms with Crippen molar-refractivity contribution in [2.45, 2.75) is 137 Å². The second-order valence-corrected chi connectivity index (χ2v) is 17.2. The number of ether oxygens (including phenoxy) is 1. The van der Waals surface area contributed by atoms with Crippen LogP contribution in [0.1, 0.15) is 101 Å². The molecule has 0 aliphatic carbocycles. The summed E-state index contributed by atoms with van der Waals surface area (Å²) in [5.41, 5.74) is 1.07. The van der Waals surface area contributed by atoms with Gasteiger partial charge in [-0.25, -0.2) is 0 Å². The van der Waals surface area contributed by atoms with Crippen LogP contribution in [0.2, 0.25) is 0 Å². The standard InChI is InChI=1S/C43H77N5O5S/c1-16-19-21-34(18-3)26-31(9)44-41(50)33(11)32(10)35-22-20-23-48(35)37(49)27-36(53-14)40(30(8)17-2)47(13)43(52)38(28(4)5)45-42(51)39(29(6)7)46(12)24-25-54-15/h16,18,21,28-33,35-36,38-40H,1,3,17,19-20,22-27H2,2,4-15H3,(H,44,50)(H,45,51)/b34-21+/t30-,31?,32+,33+,35-,36+,38-,39?,40-/m0/s1. The molecule has 0 aromatic rings. The molecule has 0 aromatic heterocycles. The fourth-order valence-electron chi connectivity index (χ4n) is 7.86. The molecule has 9 atom stereocenters. The molecule has 0 spiro atoms. The number of carbonyl (C=O) groups is 4. The molecule has 0 radical (unpaired) electrons. The van der Waals surface area contributed by atoms with Gasteiger partial charge in [0, 0.05) is 51.0 Å². The number of nitrogens with one attached hydrogen (secondary N) is 2. The van der Waals surface area contributed by atoms with Gasteiger partial charge in [0.25, 0.3) is 0 Å². The van der Waals surface area contributed by atoms with Crippen molar-refractivity contribution >= 4 is 35.4 Å². The molecular weight excluding hydrogens is 699 g/mol. The van der Waals surface area contributed by atoms with Gasteiger partial charge in [-0.2, -0.15) is 11.8 Å². The first-order valence-electron chi connectivity index (χ1n) is 20.2. The van der Waals surface area contributed by atoms with Gasteiger partial charge in [-0.1, -0.05) is 92.2 Å². The lowest BCUT2D eigenvalue weighted by molar-refractivity contribution is -0.147. The minimum Gasteiger partial charge on any atom is -0.379 e. The number of nitrogens with zero attached hydrogens (tertiary/aromatic N) is 3. The third-order valence-electron chi connectivity index (χ3n) is 11.5. The first-order valence-corrected chi connectivity index (χ1v) is 21.6. The van der Waals surface area contributed by atoms with E-state index in [-0.39, 0.29) is 77.8 Å². The third kappa shape index (κ3) is 14.5. The number of methoxy groups -OCH3 is 1. The highest BCUT2D eigenvalue weighted by molar-refractivity contribution is 7.98. The van der Waals surface area contributed by atoms with E-state index in [1.165, 1.54) is 0 Å². The molecule has 2 unspecified atom stereocenters. The predicted molar refractivity (Wildman–Crippen MR) is 226 cm³/mol. The zero-order valence-corrected chi connectivity index (χ0v) is 37.0. The van der Waals surface area contributed by atoms with Crippen molar-refractivity contribution in [2.75, 3.05) is 46.3 Å². The number of likely N-dealkylation sites (tertiary alicyclic amines) is 1. The van der Waals surface area contributed by atoms with Gasteiger partial charge in [0.1, 0.15) is 6.04 Å². The molecule has 1 heterocycles. The molecule has 0 saturated carbocycles. The summed E-state index contributed by atoms with van der Waals surface area (Å²) in [4.78, 5) is 61.4. The average Bonchev–Trinajstić information content (AvgIpc) is 3.63. The van der Waals surface area contributed by atoms with Crippen molar-refractivity contribution in [1.29, 1.82) is 0 Å². The molecule has 0 aromatic carbocycles. The van der Waals surface area contributed by atoms with Gasteiger partial charge in [-0.15, -0.1) is 6.58 Å². The lowest BCUT2D eigenvalue weighted by Gasteiger charge is -2.41. The number of thioether (sulfide) groups is 1. The zero-order chi connectivity index (χ0) is 41.3. The van der Waals surface area contributed by atoms with E-state index >= 15 is 0 Å². The summed E-state index contributed by atoms with van der Waals surface area (Å²) >= 11 is 1.74. The van der Waals surface area contributed by atoms with Crippen LogP contribution in [0.3, 0.4) is 0 Å². The van der Waals surface area contributed by atoms with Crippen molar-refractivity contribution in [2.24, 2.45) is 29.6 Å². The van der Waals surface area contributed by atoms with E-state index in [4.69, 9.17) is 4.74 Å². The lowest BCUT2D eigenvalue weighted by Crippen LogP contribution is -2.60. The number of hydrogen-bond acceptors (Lipinski definition) is 7. The molecule has 1 aliphatic rings. The Morgan fingerprint density at radius 1 is 0.963 bits per heavy atom. The van der Waals surface area contributed by atoms with Gasteiger partial charge < -0.3 is 25.2 Å². The summed E-state index contributed by atoms with van der Waals surface area (Å²) in [7, 11) is 5.34. The number of likely N-dealkylation sites (N-methyl/N-ethyl adjacent to an activating group) is 2.